The van der Waals surface area contributed by atoms with Crippen molar-refractivity contribution in [1.29, 1.82) is 5.26 Å². The summed E-state index contributed by atoms with van der Waals surface area (Å²) in [5, 5.41) is 12.1. The highest BCUT2D eigenvalue weighted by atomic mass is 32.2. The van der Waals surface area contributed by atoms with Gasteiger partial charge in [-0.25, -0.2) is 8.42 Å². The number of sulfone groups is 1. The molecule has 20 heavy (non-hydrogen) atoms. The first kappa shape index (κ1) is 15.0. The number of likely N-dealkylation sites (tertiary alicyclic amines) is 1. The van der Waals surface area contributed by atoms with Crippen molar-refractivity contribution in [1.82, 2.24) is 10.2 Å². The van der Waals surface area contributed by atoms with E-state index in [4.69, 9.17) is 5.26 Å². The zero-order chi connectivity index (χ0) is 14.6. The van der Waals surface area contributed by atoms with Gasteiger partial charge < -0.3 is 10.2 Å². The standard InChI is InChI=1S/C14H19N3O2S/c1-17-7-5-13(11-17)16-6-8-20(18,19)14-4-2-3-12(9-14)10-15/h2-4,9,13,16H,5-8,11H2,1H3. The highest BCUT2D eigenvalue weighted by Gasteiger charge is 2.20. The van der Waals surface area contributed by atoms with Crippen LogP contribution in [-0.2, 0) is 9.84 Å². The second-order valence-electron chi connectivity index (χ2n) is 5.16. The quantitative estimate of drug-likeness (QED) is 0.862. The summed E-state index contributed by atoms with van der Waals surface area (Å²) in [4.78, 5) is 2.45. The van der Waals surface area contributed by atoms with Crippen LogP contribution < -0.4 is 5.32 Å². The number of nitrogens with zero attached hydrogens (tertiary/aromatic N) is 2. The molecule has 0 saturated carbocycles. The lowest BCUT2D eigenvalue weighted by molar-refractivity contribution is 0.400. The summed E-state index contributed by atoms with van der Waals surface area (Å²) in [5.74, 6) is 0.0576. The minimum atomic E-state index is -3.33. The Bertz CT molecular complexity index is 607. The number of nitrogens with one attached hydrogen (secondary N) is 1. The predicted octanol–water partition coefficient (Wildman–Crippen LogP) is 0.626. The van der Waals surface area contributed by atoms with Gasteiger partial charge in [0.1, 0.15) is 0 Å². The normalized spacial score (nSPS) is 19.9. The molecule has 1 fully saturated rings. The summed E-state index contributed by atoms with van der Waals surface area (Å²) < 4.78 is 24.4. The molecule has 5 nitrogen and oxygen atoms in total. The van der Waals surface area contributed by atoms with Crippen LogP contribution in [0.4, 0.5) is 0 Å². The van der Waals surface area contributed by atoms with Crippen molar-refractivity contribution < 1.29 is 8.42 Å². The van der Waals surface area contributed by atoms with Crippen LogP contribution in [0.25, 0.3) is 0 Å². The van der Waals surface area contributed by atoms with Crippen molar-refractivity contribution in [3.8, 4) is 6.07 Å². The van der Waals surface area contributed by atoms with E-state index in [2.05, 4.69) is 17.3 Å². The van der Waals surface area contributed by atoms with Crippen molar-refractivity contribution in [3.05, 3.63) is 29.8 Å². The minimum absolute atomic E-state index is 0.0576. The Labute approximate surface area is 120 Å². The molecular weight excluding hydrogens is 274 g/mol. The van der Waals surface area contributed by atoms with Gasteiger partial charge in [-0.05, 0) is 38.2 Å². The first-order chi connectivity index (χ1) is 9.51. The van der Waals surface area contributed by atoms with Crippen LogP contribution in [0.2, 0.25) is 0 Å². The lowest BCUT2D eigenvalue weighted by Crippen LogP contribution is -2.34. The average Bonchev–Trinajstić information content (AvgIpc) is 2.84. The van der Waals surface area contributed by atoms with Gasteiger partial charge >= 0.3 is 0 Å². The molecule has 1 aromatic rings. The number of rotatable bonds is 5. The fourth-order valence-corrected chi connectivity index (χ4v) is 3.59. The van der Waals surface area contributed by atoms with E-state index in [9.17, 15) is 8.42 Å². The number of hydrogen-bond donors (Lipinski definition) is 1. The number of nitriles is 1. The van der Waals surface area contributed by atoms with E-state index in [1.807, 2.05) is 6.07 Å². The van der Waals surface area contributed by atoms with Crippen LogP contribution in [0, 0.1) is 11.3 Å². The maximum atomic E-state index is 12.2. The van der Waals surface area contributed by atoms with E-state index in [-0.39, 0.29) is 10.6 Å². The van der Waals surface area contributed by atoms with Gasteiger partial charge in [-0.15, -0.1) is 0 Å². The summed E-state index contributed by atoms with van der Waals surface area (Å²) in [5.41, 5.74) is 0.372. The topological polar surface area (TPSA) is 73.2 Å². The average molecular weight is 293 g/mol. The van der Waals surface area contributed by atoms with Crippen molar-refractivity contribution in [2.45, 2.75) is 17.4 Å². The molecule has 0 radical (unpaired) electrons. The first-order valence-electron chi connectivity index (χ1n) is 6.66. The lowest BCUT2D eigenvalue weighted by atomic mass is 10.2. The third-order valence-electron chi connectivity index (χ3n) is 3.52. The molecule has 0 spiro atoms. The van der Waals surface area contributed by atoms with E-state index in [0.717, 1.165) is 19.5 Å². The second-order valence-corrected chi connectivity index (χ2v) is 7.27. The van der Waals surface area contributed by atoms with Gasteiger partial charge in [0.05, 0.1) is 22.3 Å². The van der Waals surface area contributed by atoms with Crippen molar-refractivity contribution in [2.24, 2.45) is 0 Å². The van der Waals surface area contributed by atoms with Gasteiger partial charge in [0.2, 0.25) is 0 Å². The summed E-state index contributed by atoms with van der Waals surface area (Å²) in [6, 6.07) is 8.51. The summed E-state index contributed by atoms with van der Waals surface area (Å²) in [6.45, 7) is 2.45. The largest absolute Gasteiger partial charge is 0.312 e. The van der Waals surface area contributed by atoms with E-state index < -0.39 is 9.84 Å². The molecule has 0 aromatic heterocycles. The SMILES string of the molecule is CN1CCC(NCCS(=O)(=O)c2cccc(C#N)c2)C1. The molecular formula is C14H19N3O2S. The Kier molecular flexibility index (Phi) is 4.76. The maximum Gasteiger partial charge on any atom is 0.179 e. The molecule has 1 atom stereocenters. The van der Waals surface area contributed by atoms with E-state index in [0.29, 0.717) is 18.2 Å². The highest BCUT2D eigenvalue weighted by Crippen LogP contribution is 2.13. The molecule has 1 aliphatic rings. The van der Waals surface area contributed by atoms with Gasteiger partial charge in [0, 0.05) is 19.1 Å². The molecule has 1 aliphatic heterocycles. The number of benzene rings is 1. The molecule has 0 aliphatic carbocycles. The van der Waals surface area contributed by atoms with Crippen molar-refractivity contribution in [3.63, 3.8) is 0 Å². The Hall–Kier alpha value is -1.42. The van der Waals surface area contributed by atoms with Gasteiger partial charge in [0.25, 0.3) is 0 Å². The molecule has 1 saturated heterocycles. The van der Waals surface area contributed by atoms with Gasteiger partial charge in [-0.2, -0.15) is 5.26 Å². The third kappa shape index (κ3) is 3.79. The second kappa shape index (κ2) is 6.35. The molecule has 6 heteroatoms. The molecule has 108 valence electrons. The molecule has 2 rings (SSSR count). The molecule has 1 N–H and O–H groups in total. The van der Waals surface area contributed by atoms with E-state index in [1.165, 1.54) is 6.07 Å². The van der Waals surface area contributed by atoms with Gasteiger partial charge in [-0.1, -0.05) is 6.07 Å². The summed E-state index contributed by atoms with van der Waals surface area (Å²) >= 11 is 0. The van der Waals surface area contributed by atoms with E-state index >= 15 is 0 Å². The highest BCUT2D eigenvalue weighted by molar-refractivity contribution is 7.91. The Balaban J connectivity index is 1.92. The Morgan fingerprint density at radius 3 is 2.95 bits per heavy atom. The minimum Gasteiger partial charge on any atom is -0.312 e. The number of likely N-dealkylation sites (N-methyl/N-ethyl adjacent to an activating group) is 1. The fraction of sp³-hybridized carbons (Fsp3) is 0.500. The summed E-state index contributed by atoms with van der Waals surface area (Å²) in [7, 11) is -1.26. The molecule has 1 unspecified atom stereocenters. The van der Waals surface area contributed by atoms with Crippen LogP contribution in [-0.4, -0.2) is 51.8 Å². The Morgan fingerprint density at radius 2 is 2.30 bits per heavy atom. The fourth-order valence-electron chi connectivity index (χ4n) is 2.38. The van der Waals surface area contributed by atoms with Gasteiger partial charge in [-0.3, -0.25) is 0 Å². The van der Waals surface area contributed by atoms with Crippen LogP contribution in [0.1, 0.15) is 12.0 Å². The van der Waals surface area contributed by atoms with Crippen LogP contribution in [0.3, 0.4) is 0 Å². The van der Waals surface area contributed by atoms with Crippen molar-refractivity contribution in [2.75, 3.05) is 32.4 Å². The Morgan fingerprint density at radius 1 is 1.50 bits per heavy atom. The first-order valence-corrected chi connectivity index (χ1v) is 8.31. The predicted molar refractivity (Wildman–Crippen MR) is 77.1 cm³/mol. The number of hydrogen-bond acceptors (Lipinski definition) is 5. The van der Waals surface area contributed by atoms with Crippen LogP contribution >= 0.6 is 0 Å². The zero-order valence-electron chi connectivity index (χ0n) is 11.5. The molecule has 0 bridgehead atoms. The monoisotopic (exact) mass is 293 g/mol. The van der Waals surface area contributed by atoms with Crippen LogP contribution in [0.15, 0.2) is 29.2 Å². The summed E-state index contributed by atoms with van der Waals surface area (Å²) in [6.07, 6.45) is 1.06. The zero-order valence-corrected chi connectivity index (χ0v) is 12.4. The molecule has 1 aromatic carbocycles. The maximum absolute atomic E-state index is 12.2. The van der Waals surface area contributed by atoms with E-state index in [1.54, 1.807) is 18.2 Å². The third-order valence-corrected chi connectivity index (χ3v) is 5.23. The lowest BCUT2D eigenvalue weighted by Gasteiger charge is -2.12. The molecule has 0 amide bonds. The molecule has 1 heterocycles. The smallest absolute Gasteiger partial charge is 0.179 e. The van der Waals surface area contributed by atoms with Gasteiger partial charge in [0.15, 0.2) is 9.84 Å². The van der Waals surface area contributed by atoms with Crippen LogP contribution in [0.5, 0.6) is 0 Å². The van der Waals surface area contributed by atoms with Crippen molar-refractivity contribution >= 4 is 9.84 Å².